The first-order valence-corrected chi connectivity index (χ1v) is 7.05. The first kappa shape index (κ1) is 15.6. The molecule has 11 heteroatoms. The summed E-state index contributed by atoms with van der Waals surface area (Å²) in [5, 5.41) is 22.4. The second-order valence-corrected chi connectivity index (χ2v) is 5.08. The monoisotopic (exact) mass is 347 g/mol. The Labute approximate surface area is 139 Å². The lowest BCUT2D eigenvalue weighted by Crippen LogP contribution is -2.14. The number of nitro groups is 1. The van der Waals surface area contributed by atoms with Crippen LogP contribution < -0.4 is 5.32 Å². The van der Waals surface area contributed by atoms with Crippen LogP contribution in [-0.4, -0.2) is 35.8 Å². The lowest BCUT2D eigenvalue weighted by atomic mass is 10.2. The predicted molar refractivity (Wildman–Crippen MR) is 83.8 cm³/mol. The minimum atomic E-state index is -0.765. The van der Waals surface area contributed by atoms with Crippen molar-refractivity contribution in [2.24, 2.45) is 0 Å². The molecule has 1 amide bonds. The van der Waals surface area contributed by atoms with Gasteiger partial charge < -0.3 is 10.1 Å². The van der Waals surface area contributed by atoms with Gasteiger partial charge in [-0.2, -0.15) is 0 Å². The van der Waals surface area contributed by atoms with Gasteiger partial charge in [-0.05, 0) is 10.5 Å². The van der Waals surface area contributed by atoms with Gasteiger partial charge in [0.15, 0.2) is 10.7 Å². The number of halogens is 1. The van der Waals surface area contributed by atoms with E-state index in [1.54, 1.807) is 4.68 Å². The lowest BCUT2D eigenvalue weighted by molar-refractivity contribution is -0.389. The second kappa shape index (κ2) is 6.46. The molecule has 0 atom stereocenters. The number of carbonyl (C=O) groups excluding carboxylic acids is 1. The molecule has 0 bridgehead atoms. The third kappa shape index (κ3) is 3.22. The van der Waals surface area contributed by atoms with E-state index in [9.17, 15) is 14.9 Å². The summed E-state index contributed by atoms with van der Waals surface area (Å²) in [6, 6.07) is 9.58. The predicted octanol–water partition coefficient (Wildman–Crippen LogP) is 1.86. The number of hydrogen-bond acceptors (Lipinski definition) is 6. The summed E-state index contributed by atoms with van der Waals surface area (Å²) in [5.74, 6) is -1.26. The van der Waals surface area contributed by atoms with Gasteiger partial charge in [-0.1, -0.05) is 47.0 Å². The third-order valence-electron chi connectivity index (χ3n) is 3.04. The summed E-state index contributed by atoms with van der Waals surface area (Å²) in [4.78, 5) is 25.9. The van der Waals surface area contributed by atoms with Gasteiger partial charge in [0.1, 0.15) is 6.33 Å². The maximum Gasteiger partial charge on any atom is 0.362 e. The third-order valence-corrected chi connectivity index (χ3v) is 3.39. The molecule has 0 radical (unpaired) electrons. The molecule has 2 N–H and O–H groups in total. The van der Waals surface area contributed by atoms with Crippen molar-refractivity contribution in [3.8, 4) is 0 Å². The topological polar surface area (TPSA) is 132 Å². The van der Waals surface area contributed by atoms with Crippen LogP contribution in [-0.2, 0) is 6.54 Å². The Morgan fingerprint density at radius 3 is 2.79 bits per heavy atom. The summed E-state index contributed by atoms with van der Waals surface area (Å²) >= 11 is 5.75. The van der Waals surface area contributed by atoms with E-state index in [2.05, 4.69) is 25.6 Å². The molecule has 10 nitrogen and oxygen atoms in total. The lowest BCUT2D eigenvalue weighted by Gasteiger charge is -2.00. The molecule has 2 aromatic heterocycles. The standard InChI is InChI=1S/C13H10ClN7O3/c14-9-10(17-18-11(9)21(23)24)12(22)16-13-15-7-20(19-13)6-8-4-2-1-3-5-8/h1-5,7H,6H2,(H,17,18)(H,16,19,22). The number of rotatable bonds is 5. The highest BCUT2D eigenvalue weighted by atomic mass is 35.5. The van der Waals surface area contributed by atoms with E-state index >= 15 is 0 Å². The van der Waals surface area contributed by atoms with Crippen molar-refractivity contribution in [2.45, 2.75) is 6.54 Å². The second-order valence-electron chi connectivity index (χ2n) is 4.70. The normalized spacial score (nSPS) is 10.5. The van der Waals surface area contributed by atoms with Gasteiger partial charge >= 0.3 is 5.82 Å². The van der Waals surface area contributed by atoms with Crippen molar-refractivity contribution in [1.29, 1.82) is 0 Å². The molecule has 0 aliphatic rings. The number of carbonyl (C=O) groups is 1. The Kier molecular flexibility index (Phi) is 4.20. The number of aromatic amines is 1. The molecule has 1 aromatic carbocycles. The summed E-state index contributed by atoms with van der Waals surface area (Å²) < 4.78 is 1.54. The maximum absolute atomic E-state index is 12.0. The Balaban J connectivity index is 1.70. The average molecular weight is 348 g/mol. The van der Waals surface area contributed by atoms with Gasteiger partial charge in [-0.15, -0.1) is 10.2 Å². The molecule has 2 heterocycles. The average Bonchev–Trinajstić information content (AvgIpc) is 3.15. The molecule has 24 heavy (non-hydrogen) atoms. The molecule has 0 fully saturated rings. The van der Waals surface area contributed by atoms with E-state index in [0.29, 0.717) is 6.54 Å². The summed E-state index contributed by atoms with van der Waals surface area (Å²) in [5.41, 5.74) is 0.717. The summed E-state index contributed by atoms with van der Waals surface area (Å²) in [6.07, 6.45) is 1.46. The van der Waals surface area contributed by atoms with Crippen molar-refractivity contribution in [3.05, 3.63) is 63.1 Å². The summed E-state index contributed by atoms with van der Waals surface area (Å²) in [7, 11) is 0. The van der Waals surface area contributed by atoms with Crippen molar-refractivity contribution < 1.29 is 9.72 Å². The molecule has 3 aromatic rings. The molecular weight excluding hydrogens is 338 g/mol. The van der Waals surface area contributed by atoms with Crippen LogP contribution in [0.4, 0.5) is 11.8 Å². The van der Waals surface area contributed by atoms with Gasteiger partial charge in [0, 0.05) is 0 Å². The molecule has 0 aliphatic carbocycles. The molecule has 0 aliphatic heterocycles. The van der Waals surface area contributed by atoms with E-state index in [0.717, 1.165) is 5.56 Å². The molecule has 0 saturated carbocycles. The zero-order valence-electron chi connectivity index (χ0n) is 12.0. The number of nitrogens with one attached hydrogen (secondary N) is 2. The number of benzene rings is 1. The van der Waals surface area contributed by atoms with Crippen molar-refractivity contribution in [1.82, 2.24) is 25.0 Å². The minimum Gasteiger partial charge on any atom is -0.358 e. The van der Waals surface area contributed by atoms with Crippen molar-refractivity contribution in [3.63, 3.8) is 0 Å². The number of anilines is 1. The van der Waals surface area contributed by atoms with Crippen LogP contribution in [0.15, 0.2) is 36.7 Å². The van der Waals surface area contributed by atoms with Gasteiger partial charge in [0.2, 0.25) is 5.95 Å². The van der Waals surface area contributed by atoms with Gasteiger partial charge in [0.05, 0.1) is 6.54 Å². The SMILES string of the molecule is O=C(Nc1ncn(Cc2ccccc2)n1)c1n[nH]c([N+](=O)[O-])c1Cl. The zero-order valence-corrected chi connectivity index (χ0v) is 12.8. The molecule has 0 unspecified atom stereocenters. The minimum absolute atomic E-state index is 0.0395. The van der Waals surface area contributed by atoms with Crippen LogP contribution in [0.5, 0.6) is 0 Å². The van der Waals surface area contributed by atoms with E-state index in [1.165, 1.54) is 6.33 Å². The zero-order chi connectivity index (χ0) is 17.1. The Hall–Kier alpha value is -3.27. The van der Waals surface area contributed by atoms with E-state index in [4.69, 9.17) is 11.6 Å². The Morgan fingerprint density at radius 2 is 2.12 bits per heavy atom. The molecule has 0 saturated heterocycles. The summed E-state index contributed by atoms with van der Waals surface area (Å²) in [6.45, 7) is 0.484. The molecular formula is C13H10ClN7O3. The quantitative estimate of drug-likeness (QED) is 0.534. The first-order chi connectivity index (χ1) is 11.5. The van der Waals surface area contributed by atoms with Crippen molar-refractivity contribution in [2.75, 3.05) is 5.32 Å². The number of H-pyrrole nitrogens is 1. The van der Waals surface area contributed by atoms with Crippen LogP contribution in [0, 0.1) is 10.1 Å². The van der Waals surface area contributed by atoms with Crippen LogP contribution in [0.25, 0.3) is 0 Å². The highest BCUT2D eigenvalue weighted by Gasteiger charge is 2.25. The van der Waals surface area contributed by atoms with Crippen LogP contribution >= 0.6 is 11.6 Å². The van der Waals surface area contributed by atoms with Crippen LogP contribution in [0.3, 0.4) is 0 Å². The molecule has 0 spiro atoms. The Bertz CT molecular complexity index is 890. The maximum atomic E-state index is 12.0. The van der Waals surface area contributed by atoms with Crippen LogP contribution in [0.1, 0.15) is 16.1 Å². The highest BCUT2D eigenvalue weighted by Crippen LogP contribution is 2.25. The van der Waals surface area contributed by atoms with Gasteiger partial charge in [-0.3, -0.25) is 10.1 Å². The number of hydrogen-bond donors (Lipinski definition) is 2. The Morgan fingerprint density at radius 1 is 1.38 bits per heavy atom. The fourth-order valence-electron chi connectivity index (χ4n) is 1.95. The first-order valence-electron chi connectivity index (χ1n) is 6.67. The van der Waals surface area contributed by atoms with E-state index in [1.807, 2.05) is 30.3 Å². The van der Waals surface area contributed by atoms with Crippen molar-refractivity contribution >= 4 is 29.3 Å². The number of aromatic nitrogens is 5. The fraction of sp³-hybridized carbons (Fsp3) is 0.0769. The smallest absolute Gasteiger partial charge is 0.358 e. The number of amides is 1. The van der Waals surface area contributed by atoms with Gasteiger partial charge in [0.25, 0.3) is 5.91 Å². The highest BCUT2D eigenvalue weighted by molar-refractivity contribution is 6.35. The molecule has 122 valence electrons. The fourth-order valence-corrected chi connectivity index (χ4v) is 2.19. The van der Waals surface area contributed by atoms with E-state index in [-0.39, 0.29) is 16.7 Å². The van der Waals surface area contributed by atoms with Crippen LogP contribution in [0.2, 0.25) is 5.02 Å². The van der Waals surface area contributed by atoms with Gasteiger partial charge in [-0.25, -0.2) is 9.67 Å². The number of nitrogens with zero attached hydrogens (tertiary/aromatic N) is 5. The largest absolute Gasteiger partial charge is 0.362 e. The molecule has 3 rings (SSSR count). The van der Waals surface area contributed by atoms with E-state index < -0.39 is 16.6 Å².